The van der Waals surface area contributed by atoms with Crippen LogP contribution in [0, 0.1) is 25.5 Å². The van der Waals surface area contributed by atoms with Crippen LogP contribution in [0.5, 0.6) is 0 Å². The van der Waals surface area contributed by atoms with Gasteiger partial charge in [0.2, 0.25) is 11.5 Å². The van der Waals surface area contributed by atoms with Gasteiger partial charge in [-0.05, 0) is 44.9 Å². The molecule has 2 aliphatic rings. The fraction of sp³-hybridized carbons (Fsp3) is 0.393. The molecule has 1 aromatic carbocycles. The molecule has 39 heavy (non-hydrogen) atoms. The van der Waals surface area contributed by atoms with E-state index in [1.54, 1.807) is 31.3 Å². The Hall–Kier alpha value is -3.76. The van der Waals surface area contributed by atoms with Crippen LogP contribution in [0.4, 0.5) is 22.0 Å². The zero-order valence-corrected chi connectivity index (χ0v) is 22.1. The number of alkyl halides is 3. The van der Waals surface area contributed by atoms with E-state index in [1.807, 2.05) is 43.0 Å². The van der Waals surface area contributed by atoms with Crippen molar-refractivity contribution < 1.29 is 31.1 Å². The molecule has 2 unspecified atom stereocenters. The van der Waals surface area contributed by atoms with E-state index in [-0.39, 0.29) is 11.4 Å². The van der Waals surface area contributed by atoms with E-state index in [1.165, 1.54) is 10.7 Å². The summed E-state index contributed by atoms with van der Waals surface area (Å²) in [6, 6.07) is 7.45. The van der Waals surface area contributed by atoms with Gasteiger partial charge in [-0.2, -0.15) is 32.0 Å². The Kier molecular flexibility index (Phi) is 5.31. The lowest BCUT2D eigenvalue weighted by Crippen LogP contribution is -2.76. The number of aromatic nitrogens is 6. The van der Waals surface area contributed by atoms with Gasteiger partial charge < -0.3 is 0 Å². The lowest BCUT2D eigenvalue weighted by Gasteiger charge is -2.48. The highest BCUT2D eigenvalue weighted by atomic mass is 19.4. The molecule has 0 fully saturated rings. The van der Waals surface area contributed by atoms with Crippen molar-refractivity contribution in [3.8, 4) is 22.8 Å². The fourth-order valence-electron chi connectivity index (χ4n) is 6.98. The number of pyridine rings is 1. The van der Waals surface area contributed by atoms with E-state index in [4.69, 9.17) is 0 Å². The second-order valence-corrected chi connectivity index (χ2v) is 10.5. The summed E-state index contributed by atoms with van der Waals surface area (Å²) in [6.45, 7) is 9.38. The predicted molar refractivity (Wildman–Crippen MR) is 130 cm³/mol. The summed E-state index contributed by atoms with van der Waals surface area (Å²) in [5, 5.41) is 4.02. The van der Waals surface area contributed by atoms with E-state index in [2.05, 4.69) is 15.1 Å². The van der Waals surface area contributed by atoms with Gasteiger partial charge in [0.25, 0.3) is 17.1 Å². The van der Waals surface area contributed by atoms with Crippen molar-refractivity contribution in [2.75, 3.05) is 0 Å². The smallest absolute Gasteiger partial charge is 0.245 e. The predicted octanol–water partition coefficient (Wildman–Crippen LogP) is 5.34. The van der Waals surface area contributed by atoms with Crippen molar-refractivity contribution in [1.29, 1.82) is 0 Å². The second kappa shape index (κ2) is 8.12. The first kappa shape index (κ1) is 25.5. The highest BCUT2D eigenvalue weighted by Crippen LogP contribution is 2.55. The molecule has 2 aliphatic heterocycles. The molecule has 6 rings (SSSR count). The Morgan fingerprint density at radius 1 is 1.05 bits per heavy atom. The number of halogens is 5. The molecule has 3 atom stereocenters. The van der Waals surface area contributed by atoms with Crippen LogP contribution in [0.1, 0.15) is 62.6 Å². The van der Waals surface area contributed by atoms with Gasteiger partial charge in [0, 0.05) is 24.6 Å². The van der Waals surface area contributed by atoms with Crippen LogP contribution < -0.4 is 9.13 Å². The van der Waals surface area contributed by atoms with Crippen LogP contribution in [0.2, 0.25) is 0 Å². The monoisotopic (exact) mass is 542 g/mol. The Balaban J connectivity index is 1.80. The number of hydrogen-bond acceptors (Lipinski definition) is 3. The molecule has 4 aromatic rings. The van der Waals surface area contributed by atoms with E-state index < -0.39 is 40.8 Å². The Morgan fingerprint density at radius 2 is 1.79 bits per heavy atom. The molecule has 0 aliphatic carbocycles. The Labute approximate surface area is 221 Å². The summed E-state index contributed by atoms with van der Waals surface area (Å²) in [5.41, 5.74) is 0.774. The number of fused-ring (bicyclic) bond motifs is 6. The highest BCUT2D eigenvalue weighted by molar-refractivity contribution is 5.68. The SMILES string of the molecule is CCC1(C)c2cc(F)cc(F)c2-c2c(C)nc(C)c[n+]2[C@@]1(CC)C1n2nc(C(F)(F)F)nc2-c2cccc[n+]21. The minimum atomic E-state index is -4.75. The molecule has 0 saturated carbocycles. The maximum atomic E-state index is 15.7. The lowest BCUT2D eigenvalue weighted by molar-refractivity contribution is -0.850. The molecule has 0 N–H and O–H groups in total. The number of benzene rings is 1. The van der Waals surface area contributed by atoms with Crippen molar-refractivity contribution >= 4 is 0 Å². The molecule has 202 valence electrons. The minimum absolute atomic E-state index is 0.0834. The fourth-order valence-corrected chi connectivity index (χ4v) is 6.98. The Bertz CT molecular complexity index is 1660. The standard InChI is InChI=1S/C28H27F5N6/c1-6-26(5)18-12-17(29)13-19(30)21(18)22-16(4)34-15(3)14-38(22)27(26,7-2)25-37-11-9-8-10-20(37)23-35-24(28(31,32)33)36-39(23)25/h8-14,25H,6-7H2,1-5H3/q+2/t25?,26?,27-/m0/s1. The molecule has 0 amide bonds. The van der Waals surface area contributed by atoms with Crippen LogP contribution in [-0.4, -0.2) is 19.7 Å². The first-order chi connectivity index (χ1) is 18.4. The first-order valence-corrected chi connectivity index (χ1v) is 12.8. The number of hydrogen-bond donors (Lipinski definition) is 0. The summed E-state index contributed by atoms with van der Waals surface area (Å²) < 4.78 is 77.3. The normalized spacial score (nSPS) is 23.3. The van der Waals surface area contributed by atoms with Gasteiger partial charge in [-0.15, -0.1) is 5.10 Å². The van der Waals surface area contributed by atoms with E-state index in [0.717, 1.165) is 6.07 Å². The maximum Gasteiger partial charge on any atom is 0.453 e. The molecule has 0 saturated heterocycles. The van der Waals surface area contributed by atoms with Crippen LogP contribution in [0.25, 0.3) is 22.8 Å². The summed E-state index contributed by atoms with van der Waals surface area (Å²) in [6.07, 6.45) is -1.16. The summed E-state index contributed by atoms with van der Waals surface area (Å²) >= 11 is 0. The molecule has 0 radical (unpaired) electrons. The summed E-state index contributed by atoms with van der Waals surface area (Å²) in [7, 11) is 0. The first-order valence-electron chi connectivity index (χ1n) is 12.8. The Morgan fingerprint density at radius 3 is 2.46 bits per heavy atom. The average Bonchev–Trinajstić information content (AvgIpc) is 3.43. The molecule has 6 nitrogen and oxygen atoms in total. The molecular formula is C28H27F5N6+2. The van der Waals surface area contributed by atoms with Gasteiger partial charge in [0.05, 0.1) is 11.0 Å². The number of nitrogens with zero attached hydrogens (tertiary/aromatic N) is 6. The second-order valence-electron chi connectivity index (χ2n) is 10.5. The minimum Gasteiger partial charge on any atom is -0.245 e. The molecule has 3 aromatic heterocycles. The number of rotatable bonds is 3. The van der Waals surface area contributed by atoms with Gasteiger partial charge in [-0.1, -0.05) is 13.8 Å². The maximum absolute atomic E-state index is 15.7. The van der Waals surface area contributed by atoms with Crippen molar-refractivity contribution in [3.63, 3.8) is 0 Å². The highest BCUT2D eigenvalue weighted by Gasteiger charge is 2.71. The molecule has 11 heteroatoms. The van der Waals surface area contributed by atoms with Gasteiger partial charge in [-0.25, -0.2) is 13.8 Å². The van der Waals surface area contributed by atoms with Gasteiger partial charge in [0.1, 0.15) is 23.0 Å². The van der Waals surface area contributed by atoms with Gasteiger partial charge >= 0.3 is 12.3 Å². The molecule has 0 bridgehead atoms. The topological polar surface area (TPSA) is 51.4 Å². The summed E-state index contributed by atoms with van der Waals surface area (Å²) in [4.78, 5) is 8.52. The van der Waals surface area contributed by atoms with E-state index in [9.17, 15) is 17.6 Å². The lowest BCUT2D eigenvalue weighted by atomic mass is 9.58. The quantitative estimate of drug-likeness (QED) is 0.259. The van der Waals surface area contributed by atoms with Crippen molar-refractivity contribution in [1.82, 2.24) is 19.7 Å². The van der Waals surface area contributed by atoms with Gasteiger partial charge in [-0.3, -0.25) is 0 Å². The van der Waals surface area contributed by atoms with E-state index >= 15 is 4.39 Å². The molecule has 5 heterocycles. The third kappa shape index (κ3) is 3.15. The van der Waals surface area contributed by atoms with Crippen molar-refractivity contribution in [2.24, 2.45) is 0 Å². The van der Waals surface area contributed by atoms with Crippen LogP contribution in [0.3, 0.4) is 0 Å². The summed E-state index contributed by atoms with van der Waals surface area (Å²) in [5.74, 6) is -2.58. The van der Waals surface area contributed by atoms with Crippen LogP contribution >= 0.6 is 0 Å². The van der Waals surface area contributed by atoms with E-state index in [0.29, 0.717) is 41.2 Å². The zero-order valence-electron chi connectivity index (χ0n) is 22.1. The molecular weight excluding hydrogens is 515 g/mol. The largest absolute Gasteiger partial charge is 0.453 e. The third-order valence-corrected chi connectivity index (χ3v) is 8.69. The molecule has 0 spiro atoms. The zero-order chi connectivity index (χ0) is 28.1. The number of aryl methyl sites for hydroxylation is 2. The van der Waals surface area contributed by atoms with Crippen molar-refractivity contribution in [2.45, 2.75) is 70.8 Å². The average molecular weight is 543 g/mol. The van der Waals surface area contributed by atoms with Gasteiger partial charge in [0.15, 0.2) is 12.4 Å². The third-order valence-electron chi connectivity index (χ3n) is 8.69. The van der Waals surface area contributed by atoms with Crippen molar-refractivity contribution in [3.05, 3.63) is 77.1 Å². The van der Waals surface area contributed by atoms with Crippen LogP contribution in [-0.2, 0) is 17.1 Å². The van der Waals surface area contributed by atoms with Crippen LogP contribution in [0.15, 0.2) is 42.7 Å².